The van der Waals surface area contributed by atoms with Crippen molar-refractivity contribution >= 4 is 26.8 Å². The Morgan fingerprint density at radius 3 is 2.52 bits per heavy atom. The molecule has 0 spiro atoms. The summed E-state index contributed by atoms with van der Waals surface area (Å²) in [6, 6.07) is 7.65. The Bertz CT molecular complexity index is 1330. The summed E-state index contributed by atoms with van der Waals surface area (Å²) in [6.45, 7) is 3.18. The molecule has 2 fully saturated rings. The maximum absolute atomic E-state index is 14.7. The number of amides is 1. The van der Waals surface area contributed by atoms with E-state index in [-0.39, 0.29) is 23.5 Å². The van der Waals surface area contributed by atoms with Crippen LogP contribution in [0.3, 0.4) is 0 Å². The van der Waals surface area contributed by atoms with Crippen molar-refractivity contribution in [2.75, 3.05) is 24.6 Å². The Morgan fingerprint density at radius 1 is 1.12 bits per heavy atom. The number of fused-ring (bicyclic) bond motifs is 1. The molecule has 1 unspecified atom stereocenters. The molecule has 33 heavy (non-hydrogen) atoms. The molecule has 0 saturated carbocycles. The molecule has 5 rings (SSSR count). The van der Waals surface area contributed by atoms with Crippen LogP contribution >= 0.6 is 0 Å². The van der Waals surface area contributed by atoms with Crippen LogP contribution in [0.2, 0.25) is 0 Å². The van der Waals surface area contributed by atoms with Crippen molar-refractivity contribution in [1.82, 2.24) is 19.7 Å². The Hall–Kier alpha value is -2.81. The van der Waals surface area contributed by atoms with Gasteiger partial charge in [0.1, 0.15) is 5.82 Å². The van der Waals surface area contributed by atoms with Crippen molar-refractivity contribution in [3.63, 3.8) is 0 Å². The molecule has 1 amide bonds. The number of nitrogens with zero attached hydrogens (tertiary/aromatic N) is 4. The lowest BCUT2D eigenvalue weighted by atomic mass is 10.0. The Morgan fingerprint density at radius 2 is 1.85 bits per heavy atom. The fourth-order valence-electron chi connectivity index (χ4n) is 4.96. The number of carbonyl (C=O) groups is 1. The number of hydrogen-bond donors (Lipinski definition) is 0. The molecule has 2 aliphatic heterocycles. The van der Waals surface area contributed by atoms with E-state index in [0.717, 1.165) is 25.7 Å². The first-order chi connectivity index (χ1) is 15.8. The number of likely N-dealkylation sites (tertiary alicyclic amines) is 1. The molecular weight excluding hydrogens is 443 g/mol. The topological polar surface area (TPSA) is 85.2 Å². The van der Waals surface area contributed by atoms with Gasteiger partial charge in [0.2, 0.25) is 0 Å². The first kappa shape index (κ1) is 22.0. The number of aryl methyl sites for hydroxylation is 1. The third-order valence-corrected chi connectivity index (χ3v) is 8.42. The summed E-state index contributed by atoms with van der Waals surface area (Å²) in [7, 11) is -3.14. The second kappa shape index (κ2) is 8.52. The van der Waals surface area contributed by atoms with Crippen LogP contribution < -0.4 is 0 Å². The average molecular weight is 471 g/mol. The van der Waals surface area contributed by atoms with Gasteiger partial charge >= 0.3 is 0 Å². The van der Waals surface area contributed by atoms with Gasteiger partial charge in [-0.05, 0) is 44.4 Å². The first-order valence-electron chi connectivity index (χ1n) is 11.5. The fraction of sp³-hybridized carbons (Fsp3) is 0.458. The molecule has 3 aromatic rings. The Balaban J connectivity index is 1.71. The van der Waals surface area contributed by atoms with E-state index in [0.29, 0.717) is 53.1 Å². The summed E-state index contributed by atoms with van der Waals surface area (Å²) in [4.78, 5) is 20.3. The molecule has 0 radical (unpaired) electrons. The number of carbonyl (C=O) groups excluding carboxylic acids is 1. The lowest BCUT2D eigenvalue weighted by molar-refractivity contribution is 0.0763. The first-order valence-corrected chi connectivity index (χ1v) is 13.3. The van der Waals surface area contributed by atoms with E-state index in [4.69, 9.17) is 4.98 Å². The number of sulfone groups is 1. The molecule has 174 valence electrons. The van der Waals surface area contributed by atoms with Gasteiger partial charge in [0.05, 0.1) is 39.9 Å². The van der Waals surface area contributed by atoms with E-state index in [1.165, 1.54) is 6.07 Å². The predicted molar refractivity (Wildman–Crippen MR) is 124 cm³/mol. The van der Waals surface area contributed by atoms with E-state index < -0.39 is 15.7 Å². The molecule has 0 aliphatic carbocycles. The number of halogens is 1. The highest BCUT2D eigenvalue weighted by molar-refractivity contribution is 7.91. The van der Waals surface area contributed by atoms with Gasteiger partial charge in [-0.2, -0.15) is 5.10 Å². The van der Waals surface area contributed by atoms with Crippen LogP contribution in [-0.2, 0) is 9.84 Å². The smallest absolute Gasteiger partial charge is 0.254 e. The minimum absolute atomic E-state index is 0.00969. The van der Waals surface area contributed by atoms with Crippen molar-refractivity contribution in [2.45, 2.75) is 45.1 Å². The maximum Gasteiger partial charge on any atom is 0.254 e. The van der Waals surface area contributed by atoms with E-state index in [2.05, 4.69) is 5.10 Å². The van der Waals surface area contributed by atoms with Gasteiger partial charge < -0.3 is 4.90 Å². The lowest BCUT2D eigenvalue weighted by Gasteiger charge is -2.21. The van der Waals surface area contributed by atoms with E-state index in [1.54, 1.807) is 28.9 Å². The number of aromatic nitrogens is 3. The molecule has 2 aromatic heterocycles. The molecule has 2 saturated heterocycles. The Kier molecular flexibility index (Phi) is 5.68. The Labute approximate surface area is 192 Å². The van der Waals surface area contributed by atoms with Crippen LogP contribution in [-0.4, -0.2) is 58.6 Å². The summed E-state index contributed by atoms with van der Waals surface area (Å²) in [5.74, 6) is -0.443. The van der Waals surface area contributed by atoms with Gasteiger partial charge in [0.15, 0.2) is 15.5 Å². The van der Waals surface area contributed by atoms with E-state index >= 15 is 0 Å². The third kappa shape index (κ3) is 4.14. The van der Waals surface area contributed by atoms with E-state index in [1.807, 2.05) is 11.8 Å². The van der Waals surface area contributed by atoms with Gasteiger partial charge in [-0.15, -0.1) is 0 Å². The monoisotopic (exact) mass is 470 g/mol. The summed E-state index contributed by atoms with van der Waals surface area (Å²) in [5.41, 5.74) is 2.16. The van der Waals surface area contributed by atoms with E-state index in [9.17, 15) is 17.6 Å². The number of benzene rings is 1. The van der Waals surface area contributed by atoms with Crippen LogP contribution in [0.1, 0.15) is 54.2 Å². The van der Waals surface area contributed by atoms with Gasteiger partial charge in [-0.3, -0.25) is 4.79 Å². The van der Waals surface area contributed by atoms with Crippen molar-refractivity contribution in [1.29, 1.82) is 0 Å². The van der Waals surface area contributed by atoms with Crippen LogP contribution in [0, 0.1) is 12.7 Å². The summed E-state index contributed by atoms with van der Waals surface area (Å²) in [5, 5.41) is 5.25. The highest BCUT2D eigenvalue weighted by atomic mass is 32.2. The highest BCUT2D eigenvalue weighted by Gasteiger charge is 2.33. The van der Waals surface area contributed by atoms with Crippen LogP contribution in [0.4, 0.5) is 4.39 Å². The minimum atomic E-state index is -3.14. The number of rotatable bonds is 3. The number of hydrogen-bond acceptors (Lipinski definition) is 5. The van der Waals surface area contributed by atoms with Gasteiger partial charge in [-0.25, -0.2) is 22.5 Å². The summed E-state index contributed by atoms with van der Waals surface area (Å²) < 4.78 is 40.6. The molecule has 1 atom stereocenters. The molecule has 2 aliphatic rings. The lowest BCUT2D eigenvalue weighted by Crippen LogP contribution is -2.32. The molecule has 0 bridgehead atoms. The quantitative estimate of drug-likeness (QED) is 0.579. The molecule has 4 heterocycles. The molecule has 7 nitrogen and oxygen atoms in total. The van der Waals surface area contributed by atoms with Crippen molar-refractivity contribution in [3.8, 4) is 11.3 Å². The zero-order valence-electron chi connectivity index (χ0n) is 18.6. The second-order valence-electron chi connectivity index (χ2n) is 9.03. The largest absolute Gasteiger partial charge is 0.339 e. The van der Waals surface area contributed by atoms with Crippen molar-refractivity contribution < 1.29 is 17.6 Å². The predicted octanol–water partition coefficient (Wildman–Crippen LogP) is 3.92. The number of pyridine rings is 1. The standard InChI is InChI=1S/C24H27FN4O3S/c1-16-22-19(24(30)28-11-6-2-3-7-12-28)14-21(18-8-4-5-9-20(18)25)26-23(22)29(27-16)17-10-13-33(31,32)15-17/h4-5,8-9,14,17H,2-3,6-7,10-13,15H2,1H3. The molecule has 1 aromatic carbocycles. The fourth-order valence-corrected chi connectivity index (χ4v) is 6.65. The average Bonchev–Trinajstić information content (AvgIpc) is 3.18. The maximum atomic E-state index is 14.7. The van der Waals surface area contributed by atoms with Gasteiger partial charge in [0, 0.05) is 18.7 Å². The highest BCUT2D eigenvalue weighted by Crippen LogP contribution is 2.33. The zero-order chi connectivity index (χ0) is 23.2. The van der Waals surface area contributed by atoms with Crippen molar-refractivity contribution in [2.24, 2.45) is 0 Å². The normalized spacial score (nSPS) is 20.8. The van der Waals surface area contributed by atoms with Crippen LogP contribution in [0.5, 0.6) is 0 Å². The third-order valence-electron chi connectivity index (χ3n) is 6.66. The summed E-state index contributed by atoms with van der Waals surface area (Å²) >= 11 is 0. The second-order valence-corrected chi connectivity index (χ2v) is 11.3. The zero-order valence-corrected chi connectivity index (χ0v) is 19.4. The minimum Gasteiger partial charge on any atom is -0.339 e. The molecule has 0 N–H and O–H groups in total. The van der Waals surface area contributed by atoms with Crippen molar-refractivity contribution in [3.05, 3.63) is 47.4 Å². The van der Waals surface area contributed by atoms with Gasteiger partial charge in [0.25, 0.3) is 5.91 Å². The molecular formula is C24H27FN4O3S. The van der Waals surface area contributed by atoms with Crippen LogP contribution in [0.15, 0.2) is 30.3 Å². The summed E-state index contributed by atoms with van der Waals surface area (Å²) in [6.07, 6.45) is 4.56. The van der Waals surface area contributed by atoms with Gasteiger partial charge in [-0.1, -0.05) is 25.0 Å². The van der Waals surface area contributed by atoms with Crippen LogP contribution in [0.25, 0.3) is 22.3 Å². The SMILES string of the molecule is Cc1nn(C2CCS(=O)(=O)C2)c2nc(-c3ccccc3F)cc(C(=O)N3CCCCCC3)c12. The molecule has 9 heteroatoms.